The van der Waals surface area contributed by atoms with E-state index in [1.54, 1.807) is 43.3 Å². The zero-order valence-electron chi connectivity index (χ0n) is 16.1. The molecule has 0 atom stereocenters. The molecule has 2 aromatic carbocycles. The van der Waals surface area contributed by atoms with E-state index in [2.05, 4.69) is 5.32 Å². The Kier molecular flexibility index (Phi) is 6.53. The highest BCUT2D eigenvalue weighted by atomic mass is 32.2. The molecule has 0 unspecified atom stereocenters. The molecule has 0 bridgehead atoms. The molecule has 0 aliphatic carbocycles. The third-order valence-corrected chi connectivity index (χ3v) is 5.44. The van der Waals surface area contributed by atoms with Crippen molar-refractivity contribution in [1.29, 1.82) is 0 Å². The summed E-state index contributed by atoms with van der Waals surface area (Å²) in [6.45, 7) is 1.77. The van der Waals surface area contributed by atoms with Gasteiger partial charge in [0.2, 0.25) is 5.91 Å². The summed E-state index contributed by atoms with van der Waals surface area (Å²) in [5.74, 6) is -0.501. The number of rotatable bonds is 8. The Morgan fingerprint density at radius 2 is 1.77 bits per heavy atom. The number of hydrogen-bond acceptors (Lipinski definition) is 6. The molecule has 0 saturated carbocycles. The van der Waals surface area contributed by atoms with Gasteiger partial charge in [-0.05, 0) is 30.7 Å². The lowest BCUT2D eigenvalue weighted by molar-refractivity contribution is -0.119. The van der Waals surface area contributed by atoms with Crippen molar-refractivity contribution in [2.45, 2.75) is 24.7 Å². The smallest absolute Gasteiger partial charge is 0.266 e. The molecule has 2 amide bonds. The molecule has 0 radical (unpaired) electrons. The Hall–Kier alpha value is -3.59. The van der Waals surface area contributed by atoms with Gasteiger partial charge in [0.1, 0.15) is 16.9 Å². The summed E-state index contributed by atoms with van der Waals surface area (Å²) in [6.07, 6.45) is 3.40. The fourth-order valence-electron chi connectivity index (χ4n) is 2.66. The minimum Gasteiger partial charge on any atom is -0.469 e. The van der Waals surface area contributed by atoms with E-state index < -0.39 is 21.8 Å². The Morgan fingerprint density at radius 3 is 2.50 bits per heavy atom. The molecule has 3 rings (SSSR count). The van der Waals surface area contributed by atoms with Crippen molar-refractivity contribution in [1.82, 2.24) is 4.72 Å². The van der Waals surface area contributed by atoms with Gasteiger partial charge in [0.05, 0.1) is 17.5 Å². The van der Waals surface area contributed by atoms with Crippen molar-refractivity contribution in [3.63, 3.8) is 0 Å². The lowest BCUT2D eigenvalue weighted by atomic mass is 10.2. The first-order valence-electron chi connectivity index (χ1n) is 9.16. The maximum Gasteiger partial charge on any atom is 0.266 e. The summed E-state index contributed by atoms with van der Waals surface area (Å²) in [6, 6.07) is 13.9. The predicted octanol–water partition coefficient (Wildman–Crippen LogP) is 3.93. The highest BCUT2D eigenvalue weighted by Crippen LogP contribution is 2.27. The van der Waals surface area contributed by atoms with Crippen LogP contribution < -0.4 is 14.8 Å². The van der Waals surface area contributed by atoms with E-state index in [-0.39, 0.29) is 28.3 Å². The van der Waals surface area contributed by atoms with Gasteiger partial charge in [0.25, 0.3) is 15.9 Å². The normalized spacial score (nSPS) is 11.0. The van der Waals surface area contributed by atoms with Crippen LogP contribution in [0.3, 0.4) is 0 Å². The van der Waals surface area contributed by atoms with Crippen molar-refractivity contribution >= 4 is 27.5 Å². The topological polar surface area (TPSA) is 115 Å². The third-order valence-electron chi connectivity index (χ3n) is 4.00. The van der Waals surface area contributed by atoms with Gasteiger partial charge in [-0.1, -0.05) is 31.2 Å². The molecule has 0 fully saturated rings. The maximum atomic E-state index is 12.9. The van der Waals surface area contributed by atoms with Crippen molar-refractivity contribution in [3.05, 3.63) is 72.7 Å². The second kappa shape index (κ2) is 9.27. The number of anilines is 1. The number of sulfonamides is 1. The Balaban J connectivity index is 1.86. The minimum absolute atomic E-state index is 0.0393. The number of nitrogens with one attached hydrogen (secondary N) is 2. The van der Waals surface area contributed by atoms with Gasteiger partial charge in [0, 0.05) is 12.5 Å². The van der Waals surface area contributed by atoms with E-state index in [1.807, 2.05) is 4.72 Å². The Bertz CT molecular complexity index is 1140. The summed E-state index contributed by atoms with van der Waals surface area (Å²) in [5.41, 5.74) is 0.235. The van der Waals surface area contributed by atoms with E-state index in [9.17, 15) is 18.0 Å². The molecular weight excluding hydrogens is 408 g/mol. The van der Waals surface area contributed by atoms with Crippen molar-refractivity contribution in [2.24, 2.45) is 0 Å². The summed E-state index contributed by atoms with van der Waals surface area (Å²) in [4.78, 5) is 24.4. The van der Waals surface area contributed by atoms with Gasteiger partial charge < -0.3 is 14.5 Å². The fourth-order valence-corrected chi connectivity index (χ4v) is 3.84. The largest absolute Gasteiger partial charge is 0.469 e. The summed E-state index contributed by atoms with van der Waals surface area (Å²) in [7, 11) is -4.15. The first-order chi connectivity index (χ1) is 14.4. The first kappa shape index (κ1) is 21.1. The van der Waals surface area contributed by atoms with E-state index in [0.717, 1.165) is 0 Å². The van der Waals surface area contributed by atoms with E-state index in [4.69, 9.17) is 9.15 Å². The summed E-state index contributed by atoms with van der Waals surface area (Å²) < 4.78 is 37.9. The van der Waals surface area contributed by atoms with Crippen molar-refractivity contribution < 1.29 is 27.2 Å². The van der Waals surface area contributed by atoms with E-state index >= 15 is 0 Å². The van der Waals surface area contributed by atoms with Gasteiger partial charge in [-0.25, -0.2) is 13.1 Å². The number of benzene rings is 2. The molecule has 0 spiro atoms. The first-order valence-corrected chi connectivity index (χ1v) is 10.6. The number of carbonyl (C=O) groups is 2. The number of carbonyl (C=O) groups excluding carboxylic acids is 2. The number of ether oxygens (including phenoxy) is 1. The van der Waals surface area contributed by atoms with Crippen LogP contribution in [0.15, 0.2) is 76.4 Å². The number of amides is 2. The highest BCUT2D eigenvalue weighted by Gasteiger charge is 2.23. The predicted molar refractivity (Wildman–Crippen MR) is 110 cm³/mol. The van der Waals surface area contributed by atoms with Gasteiger partial charge in [-0.15, -0.1) is 0 Å². The number of hydrogen-bond donors (Lipinski definition) is 2. The molecule has 8 nitrogen and oxygen atoms in total. The minimum atomic E-state index is -4.15. The second-order valence-corrected chi connectivity index (χ2v) is 7.94. The van der Waals surface area contributed by atoms with Crippen LogP contribution in [0.25, 0.3) is 0 Å². The second-order valence-electron chi connectivity index (χ2n) is 6.29. The molecule has 0 saturated heterocycles. The maximum absolute atomic E-state index is 12.9. The third kappa shape index (κ3) is 5.06. The lowest BCUT2D eigenvalue weighted by Crippen LogP contribution is -2.31. The molecule has 9 heteroatoms. The highest BCUT2D eigenvalue weighted by molar-refractivity contribution is 7.90. The van der Waals surface area contributed by atoms with Crippen LogP contribution in [0.2, 0.25) is 0 Å². The molecule has 30 heavy (non-hydrogen) atoms. The molecule has 3 aromatic rings. The van der Waals surface area contributed by atoms with E-state index in [0.29, 0.717) is 12.2 Å². The average Bonchev–Trinajstić information content (AvgIpc) is 3.21. The molecule has 0 aliphatic rings. The SMILES string of the molecule is CCCC(=O)NS(=O)(=O)c1ccccc1NC(=O)c1ccccc1Oc1ccoc1. The number of furan rings is 1. The molecule has 1 heterocycles. The van der Waals surface area contributed by atoms with Gasteiger partial charge in [-0.3, -0.25) is 9.59 Å². The van der Waals surface area contributed by atoms with Crippen LogP contribution in [0, 0.1) is 0 Å². The summed E-state index contributed by atoms with van der Waals surface area (Å²) in [5, 5.41) is 2.59. The molecule has 0 aliphatic heterocycles. The molecule has 1 aromatic heterocycles. The molecular formula is C21H20N2O6S. The van der Waals surface area contributed by atoms with Gasteiger partial charge in [0.15, 0.2) is 5.75 Å². The van der Waals surface area contributed by atoms with Crippen LogP contribution in [0.1, 0.15) is 30.1 Å². The average molecular weight is 428 g/mol. The fraction of sp³-hybridized carbons (Fsp3) is 0.143. The summed E-state index contributed by atoms with van der Waals surface area (Å²) >= 11 is 0. The zero-order chi connectivity index (χ0) is 21.6. The Labute approximate surface area is 173 Å². The standard InChI is InChI=1S/C21H20N2O6S/c1-2-7-20(24)23-30(26,27)19-11-6-4-9-17(19)22-21(25)16-8-3-5-10-18(16)29-15-12-13-28-14-15/h3-6,8-14H,2,7H2,1H3,(H,22,25)(H,23,24). The van der Waals surface area contributed by atoms with E-state index in [1.165, 1.54) is 30.7 Å². The Morgan fingerprint density at radius 1 is 1.03 bits per heavy atom. The lowest BCUT2D eigenvalue weighted by Gasteiger charge is -2.14. The van der Waals surface area contributed by atoms with Crippen LogP contribution in [0.4, 0.5) is 5.69 Å². The zero-order valence-corrected chi connectivity index (χ0v) is 16.9. The van der Waals surface area contributed by atoms with Crippen LogP contribution >= 0.6 is 0 Å². The number of para-hydroxylation sites is 2. The van der Waals surface area contributed by atoms with Crippen LogP contribution in [-0.2, 0) is 14.8 Å². The monoisotopic (exact) mass is 428 g/mol. The van der Waals surface area contributed by atoms with Crippen LogP contribution in [0.5, 0.6) is 11.5 Å². The van der Waals surface area contributed by atoms with Crippen molar-refractivity contribution in [2.75, 3.05) is 5.32 Å². The quantitative estimate of drug-likeness (QED) is 0.562. The van der Waals surface area contributed by atoms with Crippen LogP contribution in [-0.4, -0.2) is 20.2 Å². The van der Waals surface area contributed by atoms with Gasteiger partial charge in [-0.2, -0.15) is 0 Å². The molecule has 2 N–H and O–H groups in total. The van der Waals surface area contributed by atoms with Crippen molar-refractivity contribution in [3.8, 4) is 11.5 Å². The molecule has 156 valence electrons. The van der Waals surface area contributed by atoms with Gasteiger partial charge >= 0.3 is 0 Å².